The lowest BCUT2D eigenvalue weighted by molar-refractivity contribution is -0.250. The molecule has 0 unspecified atom stereocenters. The zero-order valence-corrected chi connectivity index (χ0v) is 14.1. The van der Waals surface area contributed by atoms with Crippen molar-refractivity contribution in [2.45, 2.75) is 18.5 Å². The van der Waals surface area contributed by atoms with Gasteiger partial charge in [-0.25, -0.2) is 4.79 Å². The van der Waals surface area contributed by atoms with Gasteiger partial charge >= 0.3 is 5.97 Å². The van der Waals surface area contributed by atoms with Crippen LogP contribution in [0.2, 0.25) is 0 Å². The summed E-state index contributed by atoms with van der Waals surface area (Å²) in [6, 6.07) is 18.6. The minimum atomic E-state index is -1.53. The van der Waals surface area contributed by atoms with Crippen molar-refractivity contribution in [2.75, 3.05) is 21.3 Å². The lowest BCUT2D eigenvalue weighted by Gasteiger charge is -2.36. The lowest BCUT2D eigenvalue weighted by Crippen LogP contribution is -2.51. The highest BCUT2D eigenvalue weighted by Gasteiger charge is 2.51. The molecule has 0 amide bonds. The normalized spacial score (nSPS) is 13.5. The van der Waals surface area contributed by atoms with Gasteiger partial charge in [0.2, 0.25) is 11.9 Å². The van der Waals surface area contributed by atoms with E-state index in [1.165, 1.54) is 21.3 Å². The largest absolute Gasteiger partial charge is 0.466 e. The topological polar surface area (TPSA) is 54.0 Å². The van der Waals surface area contributed by atoms with Crippen LogP contribution in [-0.4, -0.2) is 33.6 Å². The van der Waals surface area contributed by atoms with Crippen molar-refractivity contribution in [1.82, 2.24) is 0 Å². The third-order valence-electron chi connectivity index (χ3n) is 3.76. The predicted octanol–water partition coefficient (Wildman–Crippen LogP) is 2.89. The second-order valence-electron chi connectivity index (χ2n) is 5.17. The molecule has 5 heteroatoms. The van der Waals surface area contributed by atoms with Crippen LogP contribution in [0.5, 0.6) is 0 Å². The third-order valence-corrected chi connectivity index (χ3v) is 3.76. The molecule has 0 aliphatic rings. The van der Waals surface area contributed by atoms with E-state index < -0.39 is 17.9 Å². The maximum Gasteiger partial charge on any atom is 0.348 e. The number of ether oxygens (including phenoxy) is 4. The Kier molecular flexibility index (Phi) is 6.49. The molecule has 0 spiro atoms. The Morgan fingerprint density at radius 3 is 1.96 bits per heavy atom. The van der Waals surface area contributed by atoms with E-state index >= 15 is 0 Å². The van der Waals surface area contributed by atoms with E-state index in [1.54, 1.807) is 12.1 Å². The van der Waals surface area contributed by atoms with Gasteiger partial charge in [-0.05, 0) is 5.56 Å². The molecule has 0 saturated carbocycles. The number of benzene rings is 2. The van der Waals surface area contributed by atoms with Gasteiger partial charge in [0.15, 0.2) is 0 Å². The molecule has 128 valence electrons. The Labute approximate surface area is 142 Å². The van der Waals surface area contributed by atoms with Gasteiger partial charge in [-0.1, -0.05) is 60.7 Å². The van der Waals surface area contributed by atoms with Gasteiger partial charge in [0, 0.05) is 19.8 Å². The molecule has 0 aliphatic heterocycles. The van der Waals surface area contributed by atoms with E-state index in [4.69, 9.17) is 18.9 Å². The number of carbonyl (C=O) groups is 1. The highest BCUT2D eigenvalue weighted by Crippen LogP contribution is 2.34. The molecule has 1 atom stereocenters. The first kappa shape index (κ1) is 18.1. The first-order chi connectivity index (χ1) is 11.7. The Morgan fingerprint density at radius 1 is 0.917 bits per heavy atom. The number of rotatable bonds is 8. The van der Waals surface area contributed by atoms with Gasteiger partial charge in [0.05, 0.1) is 13.7 Å². The van der Waals surface area contributed by atoms with Crippen LogP contribution in [0.15, 0.2) is 60.7 Å². The second-order valence-corrected chi connectivity index (χ2v) is 5.17. The molecule has 2 aromatic rings. The summed E-state index contributed by atoms with van der Waals surface area (Å²) in [4.78, 5) is 12.7. The molecule has 0 heterocycles. The summed E-state index contributed by atoms with van der Waals surface area (Å²) in [7, 11) is 4.23. The summed E-state index contributed by atoms with van der Waals surface area (Å²) in [5.74, 6) is -0.585. The van der Waals surface area contributed by atoms with Gasteiger partial charge in [0.1, 0.15) is 0 Å². The Hall–Kier alpha value is -2.21. The van der Waals surface area contributed by atoms with E-state index in [-0.39, 0.29) is 6.61 Å². The molecule has 5 nitrogen and oxygen atoms in total. The van der Waals surface area contributed by atoms with Gasteiger partial charge in [-0.2, -0.15) is 0 Å². The molecule has 0 radical (unpaired) electrons. The van der Waals surface area contributed by atoms with Gasteiger partial charge in [-0.3, -0.25) is 0 Å². The summed E-state index contributed by atoms with van der Waals surface area (Å²) >= 11 is 0. The van der Waals surface area contributed by atoms with E-state index in [0.717, 1.165) is 5.56 Å². The van der Waals surface area contributed by atoms with Crippen LogP contribution >= 0.6 is 0 Å². The molecular formula is C19H22O5. The van der Waals surface area contributed by atoms with Crippen LogP contribution in [0.3, 0.4) is 0 Å². The van der Waals surface area contributed by atoms with Crippen LogP contribution in [-0.2, 0) is 35.9 Å². The fourth-order valence-corrected chi connectivity index (χ4v) is 2.60. The maximum atomic E-state index is 12.7. The highest BCUT2D eigenvalue weighted by molar-refractivity contribution is 5.82. The molecule has 0 bridgehead atoms. The number of methoxy groups -OCH3 is 3. The monoisotopic (exact) mass is 330 g/mol. The van der Waals surface area contributed by atoms with Crippen molar-refractivity contribution in [3.8, 4) is 0 Å². The number of esters is 1. The van der Waals surface area contributed by atoms with Crippen molar-refractivity contribution >= 4 is 5.97 Å². The summed E-state index contributed by atoms with van der Waals surface area (Å²) in [5.41, 5.74) is -0.0100. The molecule has 0 N–H and O–H groups in total. The van der Waals surface area contributed by atoms with E-state index in [1.807, 2.05) is 48.5 Å². The molecule has 0 saturated heterocycles. The molecule has 0 aliphatic carbocycles. The molecule has 0 fully saturated rings. The molecular weight excluding hydrogens is 308 g/mol. The van der Waals surface area contributed by atoms with Crippen LogP contribution in [0, 0.1) is 0 Å². The van der Waals surface area contributed by atoms with E-state index in [0.29, 0.717) is 5.56 Å². The molecule has 0 aromatic heterocycles. The van der Waals surface area contributed by atoms with Crippen LogP contribution in [0.1, 0.15) is 11.1 Å². The number of hydrogen-bond acceptors (Lipinski definition) is 5. The summed E-state index contributed by atoms with van der Waals surface area (Å²) in [6.45, 7) is 0.202. The van der Waals surface area contributed by atoms with Crippen LogP contribution < -0.4 is 0 Å². The Balaban J connectivity index is 2.46. The minimum Gasteiger partial charge on any atom is -0.466 e. The highest BCUT2D eigenvalue weighted by atomic mass is 16.7. The third kappa shape index (κ3) is 3.64. The first-order valence-electron chi connectivity index (χ1n) is 7.56. The zero-order valence-electron chi connectivity index (χ0n) is 14.1. The molecule has 2 rings (SSSR count). The summed E-state index contributed by atoms with van der Waals surface area (Å²) in [5, 5.41) is 0. The van der Waals surface area contributed by atoms with E-state index in [9.17, 15) is 4.79 Å². The number of carbonyl (C=O) groups excluding carboxylic acids is 1. The lowest BCUT2D eigenvalue weighted by atomic mass is 9.92. The van der Waals surface area contributed by atoms with Gasteiger partial charge in [-0.15, -0.1) is 0 Å². The van der Waals surface area contributed by atoms with Crippen molar-refractivity contribution in [3.05, 3.63) is 71.8 Å². The Morgan fingerprint density at radius 2 is 1.46 bits per heavy atom. The molecule has 2 aromatic carbocycles. The Bertz CT molecular complexity index is 625. The van der Waals surface area contributed by atoms with E-state index in [2.05, 4.69) is 0 Å². The average molecular weight is 330 g/mol. The van der Waals surface area contributed by atoms with Gasteiger partial charge in [0.25, 0.3) is 0 Å². The minimum absolute atomic E-state index is 0.202. The SMILES string of the molecule is COC(=O)[C@@](OCc1ccccc1)(c1ccccc1)C(OC)OC. The smallest absolute Gasteiger partial charge is 0.348 e. The fourth-order valence-electron chi connectivity index (χ4n) is 2.60. The zero-order chi connectivity index (χ0) is 17.4. The summed E-state index contributed by atoms with van der Waals surface area (Å²) in [6.07, 6.45) is -0.962. The van der Waals surface area contributed by atoms with Crippen molar-refractivity contribution in [1.29, 1.82) is 0 Å². The standard InChI is InChI=1S/C19H22O5/c1-21-17(20)19(18(22-2)23-3,16-12-8-5-9-13-16)24-14-15-10-6-4-7-11-15/h4-13,18H,14H2,1-3H3/t19-/m0/s1. The van der Waals surface area contributed by atoms with Crippen LogP contribution in [0.25, 0.3) is 0 Å². The quantitative estimate of drug-likeness (QED) is 0.550. The van der Waals surface area contributed by atoms with Crippen molar-refractivity contribution in [2.24, 2.45) is 0 Å². The van der Waals surface area contributed by atoms with Crippen LogP contribution in [0.4, 0.5) is 0 Å². The fraction of sp³-hybridized carbons (Fsp3) is 0.316. The summed E-state index contributed by atoms with van der Waals surface area (Å²) < 4.78 is 21.9. The predicted molar refractivity (Wildman–Crippen MR) is 89.2 cm³/mol. The van der Waals surface area contributed by atoms with Crippen molar-refractivity contribution < 1.29 is 23.7 Å². The molecule has 24 heavy (non-hydrogen) atoms. The average Bonchev–Trinajstić information content (AvgIpc) is 2.66. The van der Waals surface area contributed by atoms with Crippen molar-refractivity contribution in [3.63, 3.8) is 0 Å². The number of hydrogen-bond donors (Lipinski definition) is 0. The first-order valence-corrected chi connectivity index (χ1v) is 7.56. The maximum absolute atomic E-state index is 12.7. The van der Waals surface area contributed by atoms with Gasteiger partial charge < -0.3 is 18.9 Å². The second kappa shape index (κ2) is 8.59.